The minimum atomic E-state index is 0.224. The third-order valence-corrected chi connectivity index (χ3v) is 2.87. The summed E-state index contributed by atoms with van der Waals surface area (Å²) in [4.78, 5) is 4.23. The first-order chi connectivity index (χ1) is 8.15. The summed E-state index contributed by atoms with van der Waals surface area (Å²) in [6.07, 6.45) is 5.33. The predicted molar refractivity (Wildman–Crippen MR) is 71.7 cm³/mol. The van der Waals surface area contributed by atoms with Crippen LogP contribution in [0, 0.1) is 0 Å². The van der Waals surface area contributed by atoms with Crippen molar-refractivity contribution < 1.29 is 0 Å². The molecule has 0 saturated heterocycles. The Bertz CT molecular complexity index is 483. The summed E-state index contributed by atoms with van der Waals surface area (Å²) in [5.41, 5.74) is 6.27. The zero-order chi connectivity index (χ0) is 12.3. The largest absolute Gasteiger partial charge is 0.397 e. The maximum absolute atomic E-state index is 5.63. The molecule has 0 spiro atoms. The van der Waals surface area contributed by atoms with Crippen LogP contribution in [0.1, 0.15) is 6.92 Å². The summed E-state index contributed by atoms with van der Waals surface area (Å²) in [5.74, 6) is 0.791. The molecule has 2 aromatic heterocycles. The van der Waals surface area contributed by atoms with Crippen molar-refractivity contribution in [3.8, 4) is 0 Å². The number of pyridine rings is 1. The quantitative estimate of drug-likeness (QED) is 0.907. The highest BCUT2D eigenvalue weighted by Crippen LogP contribution is 2.22. The van der Waals surface area contributed by atoms with E-state index in [4.69, 9.17) is 5.73 Å². The van der Waals surface area contributed by atoms with E-state index in [9.17, 15) is 0 Å². The van der Waals surface area contributed by atoms with Crippen molar-refractivity contribution in [3.05, 3.63) is 35.2 Å². The number of rotatable bonds is 4. The topological polar surface area (TPSA) is 68.8 Å². The van der Waals surface area contributed by atoms with Gasteiger partial charge in [-0.15, -0.1) is 0 Å². The minimum absolute atomic E-state index is 0.224. The molecule has 0 aliphatic heterocycles. The molecule has 0 saturated carbocycles. The van der Waals surface area contributed by atoms with Gasteiger partial charge in [-0.3, -0.25) is 4.68 Å². The molecule has 5 nitrogen and oxygen atoms in total. The summed E-state index contributed by atoms with van der Waals surface area (Å²) in [7, 11) is 0. The van der Waals surface area contributed by atoms with Gasteiger partial charge >= 0.3 is 0 Å². The van der Waals surface area contributed by atoms with Crippen LogP contribution in [-0.2, 0) is 6.54 Å². The first-order valence-electron chi connectivity index (χ1n) is 5.30. The molecule has 6 heteroatoms. The third kappa shape index (κ3) is 3.20. The molecule has 0 aromatic carbocycles. The molecule has 0 fully saturated rings. The molecular formula is C11H14BrN5. The summed E-state index contributed by atoms with van der Waals surface area (Å²) < 4.78 is 2.74. The molecule has 2 heterocycles. The van der Waals surface area contributed by atoms with E-state index < -0.39 is 0 Å². The van der Waals surface area contributed by atoms with Gasteiger partial charge in [0.25, 0.3) is 0 Å². The number of hydrogen-bond acceptors (Lipinski definition) is 4. The summed E-state index contributed by atoms with van der Waals surface area (Å²) in [6, 6.07) is 3.96. The Balaban J connectivity index is 2.00. The number of nitrogens with zero attached hydrogens (tertiary/aromatic N) is 3. The molecule has 0 aliphatic carbocycles. The highest BCUT2D eigenvalue weighted by molar-refractivity contribution is 9.10. The first kappa shape index (κ1) is 11.9. The van der Waals surface area contributed by atoms with E-state index >= 15 is 0 Å². The van der Waals surface area contributed by atoms with Crippen LogP contribution < -0.4 is 11.1 Å². The Kier molecular flexibility index (Phi) is 3.63. The van der Waals surface area contributed by atoms with Crippen molar-refractivity contribution in [2.75, 3.05) is 11.1 Å². The van der Waals surface area contributed by atoms with E-state index in [1.807, 2.05) is 23.0 Å². The fourth-order valence-corrected chi connectivity index (χ4v) is 2.01. The van der Waals surface area contributed by atoms with Crippen LogP contribution in [0.3, 0.4) is 0 Å². The summed E-state index contributed by atoms with van der Waals surface area (Å²) >= 11 is 3.43. The Morgan fingerprint density at radius 3 is 3.06 bits per heavy atom. The van der Waals surface area contributed by atoms with Gasteiger partial charge in [0.1, 0.15) is 5.82 Å². The van der Waals surface area contributed by atoms with E-state index in [1.165, 1.54) is 0 Å². The van der Waals surface area contributed by atoms with Gasteiger partial charge in [-0.25, -0.2) is 4.98 Å². The molecule has 0 radical (unpaired) electrons. The number of nitrogen functional groups attached to an aromatic ring is 1. The third-order valence-electron chi connectivity index (χ3n) is 2.27. The number of anilines is 2. The van der Waals surface area contributed by atoms with E-state index in [0.717, 1.165) is 16.8 Å². The maximum Gasteiger partial charge on any atom is 0.140 e. The van der Waals surface area contributed by atoms with E-state index in [2.05, 4.69) is 38.3 Å². The molecule has 0 bridgehead atoms. The number of halogens is 1. The number of nitrogens with one attached hydrogen (secondary N) is 1. The highest BCUT2D eigenvalue weighted by atomic mass is 79.9. The lowest BCUT2D eigenvalue weighted by molar-refractivity contribution is 0.559. The zero-order valence-electron chi connectivity index (χ0n) is 9.47. The van der Waals surface area contributed by atoms with Crippen LogP contribution in [0.4, 0.5) is 11.5 Å². The number of nitrogens with two attached hydrogens (primary N) is 1. The lowest BCUT2D eigenvalue weighted by Crippen LogP contribution is -2.23. The lowest BCUT2D eigenvalue weighted by Gasteiger charge is -2.15. The predicted octanol–water partition coefficient (Wildman–Crippen LogP) is 2.12. The highest BCUT2D eigenvalue weighted by Gasteiger charge is 2.07. The fourth-order valence-electron chi connectivity index (χ4n) is 1.53. The van der Waals surface area contributed by atoms with Gasteiger partial charge in [0.15, 0.2) is 0 Å². The standard InChI is InChI=1S/C11H14BrN5/c1-8(7-17-4-2-3-15-17)16-11-10(12)5-9(13)6-14-11/h2-6,8H,7,13H2,1H3,(H,14,16). The molecule has 2 rings (SSSR count). The Morgan fingerprint density at radius 2 is 2.41 bits per heavy atom. The molecule has 1 unspecified atom stereocenters. The Morgan fingerprint density at radius 1 is 1.59 bits per heavy atom. The lowest BCUT2D eigenvalue weighted by atomic mass is 10.3. The van der Waals surface area contributed by atoms with Gasteiger partial charge in [-0.05, 0) is 35.0 Å². The Hall–Kier alpha value is -1.56. The molecule has 17 heavy (non-hydrogen) atoms. The molecule has 1 atom stereocenters. The molecule has 3 N–H and O–H groups in total. The van der Waals surface area contributed by atoms with Gasteiger partial charge in [-0.1, -0.05) is 0 Å². The van der Waals surface area contributed by atoms with Gasteiger partial charge < -0.3 is 11.1 Å². The van der Waals surface area contributed by atoms with E-state index in [-0.39, 0.29) is 6.04 Å². The van der Waals surface area contributed by atoms with Crippen molar-refractivity contribution in [1.82, 2.24) is 14.8 Å². The zero-order valence-corrected chi connectivity index (χ0v) is 11.1. The number of hydrogen-bond donors (Lipinski definition) is 2. The van der Waals surface area contributed by atoms with E-state index in [0.29, 0.717) is 5.69 Å². The minimum Gasteiger partial charge on any atom is -0.397 e. The van der Waals surface area contributed by atoms with Crippen LogP contribution >= 0.6 is 15.9 Å². The van der Waals surface area contributed by atoms with Crippen molar-refractivity contribution >= 4 is 27.4 Å². The van der Waals surface area contributed by atoms with E-state index in [1.54, 1.807) is 12.4 Å². The fraction of sp³-hybridized carbons (Fsp3) is 0.273. The Labute approximate surface area is 108 Å². The van der Waals surface area contributed by atoms with Crippen molar-refractivity contribution in [2.24, 2.45) is 0 Å². The van der Waals surface area contributed by atoms with Gasteiger partial charge in [0.05, 0.1) is 22.9 Å². The molecule has 0 aliphatic rings. The van der Waals surface area contributed by atoms with Crippen LogP contribution in [0.5, 0.6) is 0 Å². The summed E-state index contributed by atoms with van der Waals surface area (Å²) in [5, 5.41) is 7.46. The molecule has 90 valence electrons. The van der Waals surface area contributed by atoms with Crippen LogP contribution in [-0.4, -0.2) is 20.8 Å². The van der Waals surface area contributed by atoms with Crippen LogP contribution in [0.25, 0.3) is 0 Å². The second-order valence-electron chi connectivity index (χ2n) is 3.87. The molecule has 0 amide bonds. The normalized spacial score (nSPS) is 12.4. The average molecular weight is 296 g/mol. The van der Waals surface area contributed by atoms with Gasteiger partial charge in [0.2, 0.25) is 0 Å². The smallest absolute Gasteiger partial charge is 0.140 e. The van der Waals surface area contributed by atoms with Gasteiger partial charge in [0, 0.05) is 18.4 Å². The molecular weight excluding hydrogens is 282 g/mol. The summed E-state index contributed by atoms with van der Waals surface area (Å²) in [6.45, 7) is 2.86. The second-order valence-corrected chi connectivity index (χ2v) is 4.73. The number of aromatic nitrogens is 3. The monoisotopic (exact) mass is 295 g/mol. The second kappa shape index (κ2) is 5.18. The molecule has 2 aromatic rings. The van der Waals surface area contributed by atoms with Crippen molar-refractivity contribution in [1.29, 1.82) is 0 Å². The average Bonchev–Trinajstić information content (AvgIpc) is 2.75. The van der Waals surface area contributed by atoms with Gasteiger partial charge in [-0.2, -0.15) is 5.10 Å². The maximum atomic E-state index is 5.63. The SMILES string of the molecule is CC(Cn1cccn1)Nc1ncc(N)cc1Br. The van der Waals surface area contributed by atoms with Crippen LogP contribution in [0.2, 0.25) is 0 Å². The van der Waals surface area contributed by atoms with Crippen molar-refractivity contribution in [3.63, 3.8) is 0 Å². The first-order valence-corrected chi connectivity index (χ1v) is 6.09. The van der Waals surface area contributed by atoms with Crippen molar-refractivity contribution in [2.45, 2.75) is 19.5 Å². The van der Waals surface area contributed by atoms with Crippen LogP contribution in [0.15, 0.2) is 35.2 Å².